The van der Waals surface area contributed by atoms with Crippen molar-refractivity contribution in [3.8, 4) is 0 Å². The molecule has 0 aliphatic rings. The van der Waals surface area contributed by atoms with E-state index in [-0.39, 0.29) is 0 Å². The maximum atomic E-state index is 5.26. The third-order valence-corrected chi connectivity index (χ3v) is 3.52. The minimum Gasteiger partial charge on any atom is -0.381 e. The molecule has 0 unspecified atom stereocenters. The van der Waals surface area contributed by atoms with Crippen molar-refractivity contribution in [1.82, 2.24) is 0 Å². The average Bonchev–Trinajstić information content (AvgIpc) is 2.15. The lowest BCUT2D eigenvalue weighted by atomic mass is 10.4. The van der Waals surface area contributed by atoms with Crippen LogP contribution in [0.2, 0.25) is 0 Å². The molecule has 0 bridgehead atoms. The summed E-state index contributed by atoms with van der Waals surface area (Å²) in [7, 11) is 0. The topological polar surface area (TPSA) is 9.23 Å². The van der Waals surface area contributed by atoms with Gasteiger partial charge in [0.15, 0.2) is 0 Å². The summed E-state index contributed by atoms with van der Waals surface area (Å²) in [5, 5.41) is 0. The molecule has 1 nitrogen and oxygen atoms in total. The number of hydrogen-bond donors (Lipinski definition) is 0. The highest BCUT2D eigenvalue weighted by Gasteiger charge is 1.97. The largest absolute Gasteiger partial charge is 0.381 e. The van der Waals surface area contributed by atoms with E-state index in [0.29, 0.717) is 0 Å². The summed E-state index contributed by atoms with van der Waals surface area (Å²) >= 11 is 5.32. The van der Waals surface area contributed by atoms with Gasteiger partial charge in [-0.2, -0.15) is 0 Å². The molecule has 13 heavy (non-hydrogen) atoms. The van der Waals surface area contributed by atoms with Crippen LogP contribution >= 0.6 is 27.7 Å². The summed E-state index contributed by atoms with van der Waals surface area (Å²) in [4.78, 5) is 1.28. The number of halogens is 1. The van der Waals surface area contributed by atoms with Crippen molar-refractivity contribution >= 4 is 27.7 Å². The summed E-state index contributed by atoms with van der Waals surface area (Å²) in [6.45, 7) is 3.64. The smallest absolute Gasteiger partial charge is 0.0560 e. The molecule has 3 heteroatoms. The van der Waals surface area contributed by atoms with E-state index in [1.165, 1.54) is 4.90 Å². The van der Waals surface area contributed by atoms with Gasteiger partial charge in [0.2, 0.25) is 0 Å². The standard InChI is InChI=1S/C10H13BrOS/c1-2-12-7-8-13-10-6-4-3-5-9(10)11/h3-6H,2,7-8H2,1H3. The Morgan fingerprint density at radius 2 is 2.15 bits per heavy atom. The molecule has 0 saturated carbocycles. The average molecular weight is 261 g/mol. The Morgan fingerprint density at radius 1 is 1.38 bits per heavy atom. The van der Waals surface area contributed by atoms with Crippen LogP contribution in [0.25, 0.3) is 0 Å². The lowest BCUT2D eigenvalue weighted by molar-refractivity contribution is 0.164. The van der Waals surface area contributed by atoms with Gasteiger partial charge in [0.1, 0.15) is 0 Å². The van der Waals surface area contributed by atoms with Crippen LogP contribution in [-0.2, 0) is 4.74 Å². The third-order valence-electron chi connectivity index (χ3n) is 1.53. The summed E-state index contributed by atoms with van der Waals surface area (Å²) in [5.74, 6) is 1.01. The van der Waals surface area contributed by atoms with Crippen molar-refractivity contribution < 1.29 is 4.74 Å². The van der Waals surface area contributed by atoms with Gasteiger partial charge in [-0.3, -0.25) is 0 Å². The van der Waals surface area contributed by atoms with Gasteiger partial charge in [-0.1, -0.05) is 12.1 Å². The Balaban J connectivity index is 2.32. The van der Waals surface area contributed by atoms with Gasteiger partial charge in [-0.25, -0.2) is 0 Å². The highest BCUT2D eigenvalue weighted by molar-refractivity contribution is 9.10. The number of hydrogen-bond acceptors (Lipinski definition) is 2. The first kappa shape index (κ1) is 11.1. The Hall–Kier alpha value is 0.01000. The molecule has 0 heterocycles. The molecule has 0 N–H and O–H groups in total. The molecule has 0 radical (unpaired) electrons. The predicted molar refractivity (Wildman–Crippen MR) is 61.4 cm³/mol. The van der Waals surface area contributed by atoms with Gasteiger partial charge in [-0.05, 0) is 35.0 Å². The molecular weight excluding hydrogens is 248 g/mol. The van der Waals surface area contributed by atoms with Crippen LogP contribution in [0.1, 0.15) is 6.92 Å². The van der Waals surface area contributed by atoms with Crippen LogP contribution in [0.4, 0.5) is 0 Å². The molecule has 0 atom stereocenters. The highest BCUT2D eigenvalue weighted by atomic mass is 79.9. The Bertz CT molecular complexity index is 252. The van der Waals surface area contributed by atoms with Crippen molar-refractivity contribution in [3.63, 3.8) is 0 Å². The van der Waals surface area contributed by atoms with E-state index in [1.807, 2.05) is 30.8 Å². The fraction of sp³-hybridized carbons (Fsp3) is 0.400. The summed E-state index contributed by atoms with van der Waals surface area (Å²) in [6, 6.07) is 8.24. The molecule has 0 fully saturated rings. The predicted octanol–water partition coefficient (Wildman–Crippen LogP) is 3.58. The van der Waals surface area contributed by atoms with E-state index in [0.717, 1.165) is 23.4 Å². The van der Waals surface area contributed by atoms with Crippen LogP contribution in [0, 0.1) is 0 Å². The van der Waals surface area contributed by atoms with Gasteiger partial charge in [0, 0.05) is 21.7 Å². The molecular formula is C10H13BrOS. The molecule has 72 valence electrons. The minimum atomic E-state index is 0.802. The zero-order chi connectivity index (χ0) is 9.52. The van der Waals surface area contributed by atoms with Crippen molar-refractivity contribution in [2.45, 2.75) is 11.8 Å². The lowest BCUT2D eigenvalue weighted by Crippen LogP contribution is -1.95. The Labute approximate surface area is 92.0 Å². The molecule has 1 aromatic rings. The van der Waals surface area contributed by atoms with E-state index in [9.17, 15) is 0 Å². The molecule has 1 aromatic carbocycles. The van der Waals surface area contributed by atoms with E-state index in [1.54, 1.807) is 0 Å². The summed E-state index contributed by atoms with van der Waals surface area (Å²) in [5.41, 5.74) is 0. The molecule has 0 aliphatic carbocycles. The molecule has 0 spiro atoms. The first-order valence-corrected chi connectivity index (χ1v) is 6.07. The van der Waals surface area contributed by atoms with Crippen molar-refractivity contribution in [3.05, 3.63) is 28.7 Å². The zero-order valence-electron chi connectivity index (χ0n) is 7.63. The number of ether oxygens (including phenoxy) is 1. The van der Waals surface area contributed by atoms with Gasteiger partial charge in [0.25, 0.3) is 0 Å². The normalized spacial score (nSPS) is 10.3. The second-order valence-corrected chi connectivity index (χ2v) is 4.47. The minimum absolute atomic E-state index is 0.802. The Morgan fingerprint density at radius 3 is 2.85 bits per heavy atom. The summed E-state index contributed by atoms with van der Waals surface area (Å²) < 4.78 is 6.42. The number of rotatable bonds is 5. The molecule has 0 aromatic heterocycles. The second kappa shape index (κ2) is 6.46. The maximum absolute atomic E-state index is 5.26. The zero-order valence-corrected chi connectivity index (χ0v) is 10.0. The quantitative estimate of drug-likeness (QED) is 0.592. The second-order valence-electron chi connectivity index (χ2n) is 2.48. The molecule has 1 rings (SSSR count). The number of benzene rings is 1. The first-order chi connectivity index (χ1) is 6.34. The molecule has 0 saturated heterocycles. The number of thioether (sulfide) groups is 1. The van der Waals surface area contributed by atoms with E-state index in [4.69, 9.17) is 4.74 Å². The lowest BCUT2D eigenvalue weighted by Gasteiger charge is -2.03. The van der Waals surface area contributed by atoms with Crippen molar-refractivity contribution in [1.29, 1.82) is 0 Å². The van der Waals surface area contributed by atoms with Gasteiger partial charge in [-0.15, -0.1) is 11.8 Å². The highest BCUT2D eigenvalue weighted by Crippen LogP contribution is 2.26. The van der Waals surface area contributed by atoms with E-state index >= 15 is 0 Å². The van der Waals surface area contributed by atoms with Crippen LogP contribution in [0.3, 0.4) is 0 Å². The van der Waals surface area contributed by atoms with Crippen LogP contribution in [-0.4, -0.2) is 19.0 Å². The third kappa shape index (κ3) is 4.16. The van der Waals surface area contributed by atoms with Gasteiger partial charge < -0.3 is 4.74 Å². The van der Waals surface area contributed by atoms with Gasteiger partial charge in [0.05, 0.1) is 6.61 Å². The fourth-order valence-corrected chi connectivity index (χ4v) is 2.35. The van der Waals surface area contributed by atoms with E-state index in [2.05, 4.69) is 28.1 Å². The molecule has 0 amide bonds. The van der Waals surface area contributed by atoms with Crippen LogP contribution < -0.4 is 0 Å². The molecule has 0 aliphatic heterocycles. The fourth-order valence-electron chi connectivity index (χ4n) is 0.917. The summed E-state index contributed by atoms with van der Waals surface area (Å²) in [6.07, 6.45) is 0. The van der Waals surface area contributed by atoms with Crippen LogP contribution in [0.5, 0.6) is 0 Å². The van der Waals surface area contributed by atoms with Gasteiger partial charge >= 0.3 is 0 Å². The van der Waals surface area contributed by atoms with E-state index < -0.39 is 0 Å². The van der Waals surface area contributed by atoms with Crippen molar-refractivity contribution in [2.75, 3.05) is 19.0 Å². The maximum Gasteiger partial charge on any atom is 0.0560 e. The Kier molecular flexibility index (Phi) is 5.51. The van der Waals surface area contributed by atoms with Crippen LogP contribution in [0.15, 0.2) is 33.6 Å². The monoisotopic (exact) mass is 260 g/mol. The van der Waals surface area contributed by atoms with Crippen molar-refractivity contribution in [2.24, 2.45) is 0 Å². The SMILES string of the molecule is CCOCCSc1ccccc1Br. The first-order valence-electron chi connectivity index (χ1n) is 4.29.